The van der Waals surface area contributed by atoms with E-state index >= 15 is 0 Å². The number of nitrogens with one attached hydrogen (secondary N) is 1. The lowest BCUT2D eigenvalue weighted by atomic mass is 10.1. The Labute approximate surface area is 165 Å². The van der Waals surface area contributed by atoms with Gasteiger partial charge in [-0.2, -0.15) is 0 Å². The molecule has 0 aliphatic carbocycles. The number of aromatic nitrogens is 2. The molecule has 0 radical (unpaired) electrons. The maximum Gasteiger partial charge on any atom is 0.335 e. The van der Waals surface area contributed by atoms with E-state index in [0.29, 0.717) is 28.0 Å². The summed E-state index contributed by atoms with van der Waals surface area (Å²) >= 11 is 1.24. The molecule has 0 bridgehead atoms. The van der Waals surface area contributed by atoms with Gasteiger partial charge in [-0.1, -0.05) is 11.8 Å². The van der Waals surface area contributed by atoms with Gasteiger partial charge in [0.05, 0.1) is 18.4 Å². The largest absolute Gasteiger partial charge is 0.497 e. The van der Waals surface area contributed by atoms with Crippen LogP contribution in [-0.4, -0.2) is 39.7 Å². The molecule has 0 fully saturated rings. The second-order valence-corrected chi connectivity index (χ2v) is 6.61. The third-order valence-corrected chi connectivity index (χ3v) is 4.64. The number of benzene rings is 2. The van der Waals surface area contributed by atoms with Gasteiger partial charge in [-0.05, 0) is 54.6 Å². The first kappa shape index (κ1) is 19.4. The number of Topliss-reactive ketones (excluding diaryl/α,β-unsaturated/α-hetero) is 1. The number of carboxylic acids is 1. The fourth-order valence-electron chi connectivity index (χ4n) is 2.31. The van der Waals surface area contributed by atoms with Crippen LogP contribution in [0, 0.1) is 0 Å². The lowest BCUT2D eigenvalue weighted by Gasteiger charge is -2.07. The molecule has 3 rings (SSSR count). The zero-order valence-corrected chi connectivity index (χ0v) is 15.8. The van der Waals surface area contributed by atoms with E-state index in [1.807, 2.05) is 0 Å². The smallest absolute Gasteiger partial charge is 0.335 e. The van der Waals surface area contributed by atoms with Crippen LogP contribution in [0.3, 0.4) is 0 Å². The Hall–Kier alpha value is -3.39. The van der Waals surface area contributed by atoms with Crippen LogP contribution in [0.4, 0.5) is 11.5 Å². The normalized spacial score (nSPS) is 10.3. The molecule has 1 aromatic heterocycles. The Kier molecular flexibility index (Phi) is 6.23. The molecule has 0 atom stereocenters. The molecule has 2 N–H and O–H groups in total. The summed E-state index contributed by atoms with van der Waals surface area (Å²) in [6.45, 7) is 0. The molecule has 0 spiro atoms. The van der Waals surface area contributed by atoms with Crippen molar-refractivity contribution in [3.05, 3.63) is 71.9 Å². The van der Waals surface area contributed by atoms with Crippen molar-refractivity contribution in [3.63, 3.8) is 0 Å². The van der Waals surface area contributed by atoms with E-state index in [9.17, 15) is 9.59 Å². The van der Waals surface area contributed by atoms with Gasteiger partial charge < -0.3 is 15.2 Å². The molecular formula is C20H17N3O4S. The van der Waals surface area contributed by atoms with E-state index < -0.39 is 5.97 Å². The van der Waals surface area contributed by atoms with Crippen molar-refractivity contribution < 1.29 is 19.4 Å². The Morgan fingerprint density at radius 2 is 1.71 bits per heavy atom. The molecule has 0 aliphatic heterocycles. The number of hydrogen-bond acceptors (Lipinski definition) is 7. The molecular weight excluding hydrogens is 378 g/mol. The van der Waals surface area contributed by atoms with Crippen molar-refractivity contribution in [2.45, 2.75) is 5.16 Å². The second-order valence-electron chi connectivity index (χ2n) is 5.67. The number of aromatic carboxylic acids is 1. The molecule has 7 nitrogen and oxygen atoms in total. The summed E-state index contributed by atoms with van der Waals surface area (Å²) in [7, 11) is 1.57. The van der Waals surface area contributed by atoms with Gasteiger partial charge in [-0.25, -0.2) is 14.8 Å². The first-order valence-corrected chi connectivity index (χ1v) is 9.27. The number of anilines is 2. The number of rotatable bonds is 8. The summed E-state index contributed by atoms with van der Waals surface area (Å²) in [5.74, 6) is 0.455. The van der Waals surface area contributed by atoms with Crippen molar-refractivity contribution in [1.29, 1.82) is 0 Å². The number of nitrogens with zero attached hydrogens (tertiary/aromatic N) is 2. The molecule has 142 valence electrons. The van der Waals surface area contributed by atoms with Crippen molar-refractivity contribution >= 4 is 35.0 Å². The van der Waals surface area contributed by atoms with Gasteiger partial charge in [-0.3, -0.25) is 4.79 Å². The lowest BCUT2D eigenvalue weighted by molar-refractivity contribution is 0.0696. The summed E-state index contributed by atoms with van der Waals surface area (Å²) in [4.78, 5) is 31.7. The maximum absolute atomic E-state index is 12.3. The zero-order valence-electron chi connectivity index (χ0n) is 15.0. The van der Waals surface area contributed by atoms with E-state index in [2.05, 4.69) is 15.3 Å². The average Bonchev–Trinajstić information content (AvgIpc) is 2.73. The third-order valence-electron chi connectivity index (χ3n) is 3.78. The van der Waals surface area contributed by atoms with Gasteiger partial charge in [0, 0.05) is 17.4 Å². The predicted octanol–water partition coefficient (Wildman–Crippen LogP) is 3.90. The Morgan fingerprint density at radius 3 is 2.36 bits per heavy atom. The highest BCUT2D eigenvalue weighted by atomic mass is 32.2. The fraction of sp³-hybridized carbons (Fsp3) is 0.100. The zero-order chi connectivity index (χ0) is 19.9. The van der Waals surface area contributed by atoms with Gasteiger partial charge in [0.1, 0.15) is 11.6 Å². The fourth-order valence-corrected chi connectivity index (χ4v) is 3.04. The number of hydrogen-bond donors (Lipinski definition) is 2. The first-order chi connectivity index (χ1) is 13.5. The van der Waals surface area contributed by atoms with Gasteiger partial charge in [-0.15, -0.1) is 0 Å². The molecule has 0 amide bonds. The molecule has 28 heavy (non-hydrogen) atoms. The van der Waals surface area contributed by atoms with E-state index in [-0.39, 0.29) is 17.1 Å². The number of carbonyl (C=O) groups excluding carboxylic acids is 1. The molecule has 3 aromatic rings. The summed E-state index contributed by atoms with van der Waals surface area (Å²) in [6.07, 6.45) is 1.60. The number of methoxy groups -OCH3 is 1. The number of carbonyl (C=O) groups is 2. The van der Waals surface area contributed by atoms with E-state index in [0.717, 1.165) is 0 Å². The molecule has 0 aliphatic rings. The van der Waals surface area contributed by atoms with Crippen molar-refractivity contribution in [3.8, 4) is 5.75 Å². The van der Waals surface area contributed by atoms with Crippen LogP contribution in [0.25, 0.3) is 0 Å². The molecule has 8 heteroatoms. The minimum atomic E-state index is -0.978. The first-order valence-electron chi connectivity index (χ1n) is 8.28. The van der Waals surface area contributed by atoms with E-state index in [1.165, 1.54) is 23.9 Å². The van der Waals surface area contributed by atoms with Crippen molar-refractivity contribution in [1.82, 2.24) is 9.97 Å². The van der Waals surface area contributed by atoms with E-state index in [1.54, 1.807) is 55.8 Å². The van der Waals surface area contributed by atoms with Crippen molar-refractivity contribution in [2.75, 3.05) is 18.2 Å². The Bertz CT molecular complexity index is 976. The molecule has 0 unspecified atom stereocenters. The molecule has 1 heterocycles. The van der Waals surface area contributed by atoms with Crippen LogP contribution in [0.5, 0.6) is 5.75 Å². The van der Waals surface area contributed by atoms with Crippen molar-refractivity contribution in [2.24, 2.45) is 0 Å². The second kappa shape index (κ2) is 9.01. The number of carboxylic acid groups (broad SMARTS) is 1. The minimum Gasteiger partial charge on any atom is -0.497 e. The highest BCUT2D eigenvalue weighted by Gasteiger charge is 2.09. The van der Waals surface area contributed by atoms with Gasteiger partial charge in [0.2, 0.25) is 0 Å². The van der Waals surface area contributed by atoms with E-state index in [4.69, 9.17) is 9.84 Å². The lowest BCUT2D eigenvalue weighted by Crippen LogP contribution is -2.03. The monoisotopic (exact) mass is 395 g/mol. The molecule has 0 saturated carbocycles. The minimum absolute atomic E-state index is 0.0288. The predicted molar refractivity (Wildman–Crippen MR) is 107 cm³/mol. The average molecular weight is 395 g/mol. The Morgan fingerprint density at radius 1 is 1.04 bits per heavy atom. The quantitative estimate of drug-likeness (QED) is 0.336. The van der Waals surface area contributed by atoms with Crippen LogP contribution < -0.4 is 10.1 Å². The molecule has 2 aromatic carbocycles. The van der Waals surface area contributed by atoms with Crippen LogP contribution in [-0.2, 0) is 0 Å². The summed E-state index contributed by atoms with van der Waals surface area (Å²) in [6, 6.07) is 15.0. The maximum atomic E-state index is 12.3. The highest BCUT2D eigenvalue weighted by molar-refractivity contribution is 7.99. The van der Waals surface area contributed by atoms with Crippen LogP contribution in [0.15, 0.2) is 66.0 Å². The van der Waals surface area contributed by atoms with Gasteiger partial charge in [0.15, 0.2) is 10.9 Å². The standard InChI is InChI=1S/C20H17N3O4S/c1-27-16-8-4-13(5-9-16)17(24)12-28-20-21-11-10-18(23-20)22-15-6-2-14(3-7-15)19(25)26/h2-11H,12H2,1H3,(H,25,26)(H,21,22,23). The number of ketones is 1. The topological polar surface area (TPSA) is 101 Å². The number of thioether (sulfide) groups is 1. The van der Waals surface area contributed by atoms with Crippen LogP contribution >= 0.6 is 11.8 Å². The third kappa shape index (κ3) is 5.08. The Balaban J connectivity index is 1.61. The SMILES string of the molecule is COc1ccc(C(=O)CSc2nccc(Nc3ccc(C(=O)O)cc3)n2)cc1. The summed E-state index contributed by atoms with van der Waals surface area (Å²) in [5.41, 5.74) is 1.51. The molecule has 0 saturated heterocycles. The van der Waals surface area contributed by atoms with Gasteiger partial charge in [0.25, 0.3) is 0 Å². The summed E-state index contributed by atoms with van der Waals surface area (Å²) < 4.78 is 5.09. The van der Waals surface area contributed by atoms with Crippen LogP contribution in [0.1, 0.15) is 20.7 Å². The van der Waals surface area contributed by atoms with Crippen LogP contribution in [0.2, 0.25) is 0 Å². The number of ether oxygens (including phenoxy) is 1. The summed E-state index contributed by atoms with van der Waals surface area (Å²) in [5, 5.41) is 12.5. The van der Waals surface area contributed by atoms with Gasteiger partial charge >= 0.3 is 5.97 Å². The highest BCUT2D eigenvalue weighted by Crippen LogP contribution is 2.20.